The largest absolute Gasteiger partial charge is 0.495 e. The molecule has 1 amide bonds. The first-order valence-corrected chi connectivity index (χ1v) is 9.57. The Hall–Kier alpha value is -1.55. The number of methoxy groups -OCH3 is 2. The van der Waals surface area contributed by atoms with Gasteiger partial charge in [0.1, 0.15) is 11.3 Å². The zero-order valence-electron chi connectivity index (χ0n) is 15.7. The van der Waals surface area contributed by atoms with Crippen LogP contribution in [0.2, 0.25) is 0 Å². The number of nitrogens with one attached hydrogen (secondary N) is 2. The number of piperidine rings is 1. The van der Waals surface area contributed by atoms with Crippen molar-refractivity contribution in [3.63, 3.8) is 0 Å². The molecule has 0 spiro atoms. The Kier molecular flexibility index (Phi) is 9.31. The van der Waals surface area contributed by atoms with Crippen molar-refractivity contribution in [1.82, 2.24) is 10.6 Å². The summed E-state index contributed by atoms with van der Waals surface area (Å²) in [6.45, 7) is 2.67. The molecule has 2 N–H and O–H groups in total. The monoisotopic (exact) mass is 419 g/mol. The zero-order valence-corrected chi connectivity index (χ0v) is 17.3. The van der Waals surface area contributed by atoms with Crippen LogP contribution in [0.3, 0.4) is 0 Å². The molecule has 0 radical (unpaired) electrons. The number of rotatable bonds is 8. The summed E-state index contributed by atoms with van der Waals surface area (Å²) in [5.74, 6) is -0.0707. The van der Waals surface area contributed by atoms with Crippen molar-refractivity contribution in [2.24, 2.45) is 5.41 Å². The summed E-state index contributed by atoms with van der Waals surface area (Å²) in [4.78, 5) is 24.2. The number of carbonyl (C=O) groups excluding carboxylic acids is 1. The lowest BCUT2D eigenvalue weighted by Crippen LogP contribution is -2.47. The van der Waals surface area contributed by atoms with E-state index in [4.69, 9.17) is 9.47 Å². The van der Waals surface area contributed by atoms with Crippen LogP contribution in [0.5, 0.6) is 5.75 Å². The number of nitrogens with zero attached hydrogens (tertiary/aromatic N) is 1. The Bertz CT molecular complexity index is 663. The van der Waals surface area contributed by atoms with Gasteiger partial charge in [-0.1, -0.05) is 0 Å². The normalized spacial score (nSPS) is 15.5. The van der Waals surface area contributed by atoms with Gasteiger partial charge in [-0.15, -0.1) is 24.2 Å². The van der Waals surface area contributed by atoms with Crippen LogP contribution in [0.15, 0.2) is 17.0 Å². The number of thioether (sulfide) groups is 1. The second-order valence-electron chi connectivity index (χ2n) is 6.35. The van der Waals surface area contributed by atoms with Gasteiger partial charge in [0.05, 0.1) is 29.6 Å². The van der Waals surface area contributed by atoms with E-state index in [1.54, 1.807) is 7.11 Å². The lowest BCUT2D eigenvalue weighted by molar-refractivity contribution is -0.385. The van der Waals surface area contributed by atoms with Crippen molar-refractivity contribution < 1.29 is 19.2 Å². The molecule has 1 aromatic carbocycles. The standard InChI is InChI=1S/C17H25N3O5S.ClH/c1-24-11-17(4-6-18-7-5-17)10-19-16(21)12-8-15(26-3)14(25-2)9-13(12)20(22)23;/h8-9,18H,4-7,10-11H2,1-3H3,(H,19,21);1H. The fraction of sp³-hybridized carbons (Fsp3) is 0.588. The lowest BCUT2D eigenvalue weighted by Gasteiger charge is -2.37. The van der Waals surface area contributed by atoms with Crippen LogP contribution in [0.1, 0.15) is 23.2 Å². The van der Waals surface area contributed by atoms with E-state index in [2.05, 4.69) is 10.6 Å². The van der Waals surface area contributed by atoms with Crippen molar-refractivity contribution in [2.45, 2.75) is 17.7 Å². The predicted molar refractivity (Wildman–Crippen MR) is 107 cm³/mol. The highest BCUT2D eigenvalue weighted by atomic mass is 35.5. The molecule has 1 heterocycles. The van der Waals surface area contributed by atoms with E-state index in [-0.39, 0.29) is 29.1 Å². The van der Waals surface area contributed by atoms with Crippen LogP contribution in [0, 0.1) is 15.5 Å². The van der Waals surface area contributed by atoms with E-state index in [0.29, 0.717) is 23.8 Å². The number of nitro groups is 1. The Morgan fingerprint density at radius 3 is 2.56 bits per heavy atom. The molecule has 0 saturated carbocycles. The summed E-state index contributed by atoms with van der Waals surface area (Å²) in [5.41, 5.74) is -0.371. The lowest BCUT2D eigenvalue weighted by atomic mass is 9.79. The van der Waals surface area contributed by atoms with Crippen molar-refractivity contribution in [2.75, 3.05) is 46.7 Å². The maximum absolute atomic E-state index is 12.7. The molecule has 10 heteroatoms. The van der Waals surface area contributed by atoms with E-state index in [9.17, 15) is 14.9 Å². The fourth-order valence-corrected chi connectivity index (χ4v) is 3.78. The van der Waals surface area contributed by atoms with Gasteiger partial charge in [0.25, 0.3) is 11.6 Å². The average molecular weight is 420 g/mol. The summed E-state index contributed by atoms with van der Waals surface area (Å²) >= 11 is 1.37. The summed E-state index contributed by atoms with van der Waals surface area (Å²) in [6, 6.07) is 2.82. The Balaban J connectivity index is 0.00000364. The smallest absolute Gasteiger partial charge is 0.285 e. The molecule has 1 fully saturated rings. The van der Waals surface area contributed by atoms with Gasteiger partial charge in [0, 0.05) is 19.1 Å². The molecule has 0 atom stereocenters. The number of hydrogen-bond donors (Lipinski definition) is 2. The minimum atomic E-state index is -0.559. The van der Waals surface area contributed by atoms with Gasteiger partial charge >= 0.3 is 0 Å². The van der Waals surface area contributed by atoms with Gasteiger partial charge in [0.2, 0.25) is 0 Å². The molecule has 0 aliphatic carbocycles. The summed E-state index contributed by atoms with van der Waals surface area (Å²) in [6.07, 6.45) is 3.58. The number of carbonyl (C=O) groups is 1. The number of ether oxygens (including phenoxy) is 2. The van der Waals surface area contributed by atoms with Crippen LogP contribution < -0.4 is 15.4 Å². The maximum atomic E-state index is 12.7. The van der Waals surface area contributed by atoms with Crippen LogP contribution >= 0.6 is 24.2 Å². The van der Waals surface area contributed by atoms with Gasteiger partial charge in [-0.05, 0) is 38.3 Å². The third-order valence-electron chi connectivity index (χ3n) is 4.68. The first kappa shape index (κ1) is 23.5. The summed E-state index contributed by atoms with van der Waals surface area (Å²) in [7, 11) is 3.09. The van der Waals surface area contributed by atoms with E-state index < -0.39 is 10.8 Å². The highest BCUT2D eigenvalue weighted by Gasteiger charge is 2.33. The van der Waals surface area contributed by atoms with Crippen molar-refractivity contribution >= 4 is 35.8 Å². The van der Waals surface area contributed by atoms with Crippen molar-refractivity contribution in [1.29, 1.82) is 0 Å². The molecule has 1 aliphatic rings. The molecule has 152 valence electrons. The molecular weight excluding hydrogens is 394 g/mol. The molecule has 0 unspecified atom stereocenters. The number of hydrogen-bond acceptors (Lipinski definition) is 7. The highest BCUT2D eigenvalue weighted by Crippen LogP contribution is 2.35. The molecule has 0 aromatic heterocycles. The van der Waals surface area contributed by atoms with Gasteiger partial charge in [-0.25, -0.2) is 0 Å². The number of benzene rings is 1. The maximum Gasteiger partial charge on any atom is 0.285 e. The first-order chi connectivity index (χ1) is 12.5. The van der Waals surface area contributed by atoms with Crippen LogP contribution in [-0.2, 0) is 4.74 Å². The minimum absolute atomic E-state index is 0. The van der Waals surface area contributed by atoms with Gasteiger partial charge in [-0.2, -0.15) is 0 Å². The Morgan fingerprint density at radius 1 is 1.37 bits per heavy atom. The molecule has 2 rings (SSSR count). The van der Waals surface area contributed by atoms with Crippen LogP contribution in [-0.4, -0.2) is 57.5 Å². The van der Waals surface area contributed by atoms with Crippen molar-refractivity contribution in [3.05, 3.63) is 27.8 Å². The second kappa shape index (κ2) is 10.7. The molecule has 1 aliphatic heterocycles. The summed E-state index contributed by atoms with van der Waals surface area (Å²) < 4.78 is 10.5. The van der Waals surface area contributed by atoms with Crippen LogP contribution in [0.25, 0.3) is 0 Å². The van der Waals surface area contributed by atoms with Gasteiger partial charge < -0.3 is 20.1 Å². The predicted octanol–water partition coefficient (Wildman–Crippen LogP) is 2.49. The SMILES string of the molecule is COCC1(CNC(=O)c2cc(SC)c(OC)cc2[N+](=O)[O-])CCNCC1.Cl. The third kappa shape index (κ3) is 5.71. The molecular formula is C17H26ClN3O5S. The molecule has 0 bridgehead atoms. The molecule has 8 nitrogen and oxygen atoms in total. The number of halogens is 1. The zero-order chi connectivity index (χ0) is 19.2. The molecule has 27 heavy (non-hydrogen) atoms. The molecule has 1 aromatic rings. The Labute approximate surface area is 169 Å². The topological polar surface area (TPSA) is 103 Å². The quantitative estimate of drug-likeness (QED) is 0.379. The van der Waals surface area contributed by atoms with Gasteiger partial charge in [-0.3, -0.25) is 14.9 Å². The molecule has 1 saturated heterocycles. The fourth-order valence-electron chi connectivity index (χ4n) is 3.20. The number of amides is 1. The third-order valence-corrected chi connectivity index (χ3v) is 5.44. The first-order valence-electron chi connectivity index (χ1n) is 8.34. The Morgan fingerprint density at radius 2 is 2.04 bits per heavy atom. The second-order valence-corrected chi connectivity index (χ2v) is 7.20. The van der Waals surface area contributed by atoms with Gasteiger partial charge in [0.15, 0.2) is 0 Å². The average Bonchev–Trinajstić information content (AvgIpc) is 2.65. The minimum Gasteiger partial charge on any atom is -0.495 e. The van der Waals surface area contributed by atoms with E-state index >= 15 is 0 Å². The van der Waals surface area contributed by atoms with E-state index in [1.807, 2.05) is 6.26 Å². The van der Waals surface area contributed by atoms with E-state index in [0.717, 1.165) is 25.9 Å². The van der Waals surface area contributed by atoms with Crippen LogP contribution in [0.4, 0.5) is 5.69 Å². The van der Waals surface area contributed by atoms with E-state index in [1.165, 1.54) is 31.0 Å². The van der Waals surface area contributed by atoms with Crippen molar-refractivity contribution in [3.8, 4) is 5.75 Å². The summed E-state index contributed by atoms with van der Waals surface area (Å²) in [5, 5.41) is 17.6. The number of nitro benzene ring substituents is 1. The highest BCUT2D eigenvalue weighted by molar-refractivity contribution is 7.98.